The van der Waals surface area contributed by atoms with Gasteiger partial charge in [-0.05, 0) is 19.2 Å². The van der Waals surface area contributed by atoms with E-state index in [2.05, 4.69) is 5.32 Å². The Balaban J connectivity index is 2.02. The fraction of sp³-hybridized carbons (Fsp3) is 0.529. The molecule has 0 bridgehead atoms. The Labute approximate surface area is 142 Å². The van der Waals surface area contributed by atoms with Crippen LogP contribution in [0.15, 0.2) is 18.2 Å². The quantitative estimate of drug-likeness (QED) is 0.824. The Kier molecular flexibility index (Phi) is 6.43. The number of nitrogens with zero attached hydrogens (tertiary/aromatic N) is 2. The summed E-state index contributed by atoms with van der Waals surface area (Å²) < 4.78 is 10.6. The van der Waals surface area contributed by atoms with Crippen molar-refractivity contribution in [3.05, 3.63) is 23.8 Å². The van der Waals surface area contributed by atoms with Crippen LogP contribution in [0.1, 0.15) is 16.8 Å². The van der Waals surface area contributed by atoms with Crippen molar-refractivity contribution in [1.82, 2.24) is 15.1 Å². The van der Waals surface area contributed by atoms with E-state index in [4.69, 9.17) is 9.47 Å². The summed E-state index contributed by atoms with van der Waals surface area (Å²) in [5.41, 5.74) is 0.479. The van der Waals surface area contributed by atoms with Gasteiger partial charge in [-0.2, -0.15) is 0 Å². The molecule has 24 heavy (non-hydrogen) atoms. The molecule has 2 rings (SSSR count). The van der Waals surface area contributed by atoms with Gasteiger partial charge in [0.1, 0.15) is 0 Å². The van der Waals surface area contributed by atoms with Gasteiger partial charge in [0, 0.05) is 39.1 Å². The summed E-state index contributed by atoms with van der Waals surface area (Å²) in [6, 6.07) is 5.26. The molecule has 7 heteroatoms. The third-order valence-electron chi connectivity index (χ3n) is 4.14. The maximum atomic E-state index is 12.8. The van der Waals surface area contributed by atoms with Gasteiger partial charge in [0.25, 0.3) is 5.91 Å². The lowest BCUT2D eigenvalue weighted by atomic mass is 10.1. The molecule has 0 aliphatic carbocycles. The summed E-state index contributed by atoms with van der Waals surface area (Å²) in [6.45, 7) is 2.81. The molecule has 0 radical (unpaired) electrons. The number of ether oxygens (including phenoxy) is 2. The molecule has 1 aliphatic rings. The van der Waals surface area contributed by atoms with Gasteiger partial charge in [-0.3, -0.25) is 9.59 Å². The van der Waals surface area contributed by atoms with E-state index >= 15 is 0 Å². The third kappa shape index (κ3) is 3.97. The summed E-state index contributed by atoms with van der Waals surface area (Å²) in [7, 11) is 4.89. The van der Waals surface area contributed by atoms with Gasteiger partial charge in [0.05, 0.1) is 19.8 Å². The molecule has 1 heterocycles. The maximum Gasteiger partial charge on any atom is 0.257 e. The van der Waals surface area contributed by atoms with E-state index in [0.717, 1.165) is 0 Å². The monoisotopic (exact) mass is 335 g/mol. The van der Waals surface area contributed by atoms with Crippen LogP contribution in [-0.4, -0.2) is 75.6 Å². The molecule has 1 fully saturated rings. The Morgan fingerprint density at radius 2 is 1.75 bits per heavy atom. The predicted octanol–water partition coefficient (Wildman–Crippen LogP) is 0.598. The third-order valence-corrected chi connectivity index (χ3v) is 4.14. The van der Waals surface area contributed by atoms with Crippen LogP contribution >= 0.6 is 0 Å². The number of rotatable bonds is 6. The van der Waals surface area contributed by atoms with Crippen LogP contribution in [0.4, 0.5) is 0 Å². The van der Waals surface area contributed by atoms with E-state index < -0.39 is 0 Å². The second kappa shape index (κ2) is 8.54. The van der Waals surface area contributed by atoms with E-state index in [0.29, 0.717) is 56.2 Å². The molecule has 0 saturated carbocycles. The molecular weight excluding hydrogens is 310 g/mol. The number of hydrogen-bond acceptors (Lipinski definition) is 5. The number of carbonyl (C=O) groups is 2. The van der Waals surface area contributed by atoms with Crippen LogP contribution in [-0.2, 0) is 4.79 Å². The smallest absolute Gasteiger partial charge is 0.257 e. The predicted molar refractivity (Wildman–Crippen MR) is 90.6 cm³/mol. The number of hydrogen-bond donors (Lipinski definition) is 1. The topological polar surface area (TPSA) is 71.1 Å². The zero-order chi connectivity index (χ0) is 17.5. The highest BCUT2D eigenvalue weighted by molar-refractivity contribution is 5.98. The Bertz CT molecular complexity index is 583. The van der Waals surface area contributed by atoms with Gasteiger partial charge in [-0.25, -0.2) is 0 Å². The van der Waals surface area contributed by atoms with Crippen molar-refractivity contribution >= 4 is 11.8 Å². The zero-order valence-electron chi connectivity index (χ0n) is 14.5. The molecule has 132 valence electrons. The van der Waals surface area contributed by atoms with Gasteiger partial charge in [-0.1, -0.05) is 6.07 Å². The first-order chi connectivity index (χ1) is 11.6. The number of benzene rings is 1. The number of nitrogens with one attached hydrogen (secondary N) is 1. The van der Waals surface area contributed by atoms with Crippen molar-refractivity contribution in [1.29, 1.82) is 0 Å². The SMILES string of the molecule is CNCCC(=O)N1CCN(C(=O)c2cccc(OC)c2OC)CC1. The highest BCUT2D eigenvalue weighted by atomic mass is 16.5. The van der Waals surface area contributed by atoms with Gasteiger partial charge in [0.2, 0.25) is 5.91 Å². The Hall–Kier alpha value is -2.28. The van der Waals surface area contributed by atoms with Crippen LogP contribution in [0.2, 0.25) is 0 Å². The lowest BCUT2D eigenvalue weighted by Crippen LogP contribution is -2.50. The Morgan fingerprint density at radius 1 is 1.08 bits per heavy atom. The fourth-order valence-corrected chi connectivity index (χ4v) is 2.77. The van der Waals surface area contributed by atoms with Crippen molar-refractivity contribution in [3.8, 4) is 11.5 Å². The van der Waals surface area contributed by atoms with Crippen molar-refractivity contribution in [2.24, 2.45) is 0 Å². The minimum Gasteiger partial charge on any atom is -0.493 e. The molecule has 0 unspecified atom stereocenters. The molecule has 2 amide bonds. The standard InChI is InChI=1S/C17H25N3O4/c1-18-8-7-15(21)19-9-11-20(12-10-19)17(22)13-5-4-6-14(23-2)16(13)24-3/h4-6,18H,7-12H2,1-3H3. The first kappa shape index (κ1) is 18.1. The van der Waals surface area contributed by atoms with Crippen LogP contribution in [0, 0.1) is 0 Å². The molecule has 7 nitrogen and oxygen atoms in total. The summed E-state index contributed by atoms with van der Waals surface area (Å²) >= 11 is 0. The summed E-state index contributed by atoms with van der Waals surface area (Å²) in [5.74, 6) is 0.991. The van der Waals surface area contributed by atoms with E-state index in [1.54, 1.807) is 30.2 Å². The molecule has 0 spiro atoms. The van der Waals surface area contributed by atoms with Crippen molar-refractivity contribution in [3.63, 3.8) is 0 Å². The molecular formula is C17H25N3O4. The van der Waals surface area contributed by atoms with Crippen LogP contribution < -0.4 is 14.8 Å². The summed E-state index contributed by atoms with van der Waals surface area (Å²) in [5, 5.41) is 2.97. The summed E-state index contributed by atoms with van der Waals surface area (Å²) in [6.07, 6.45) is 0.480. The summed E-state index contributed by atoms with van der Waals surface area (Å²) in [4.78, 5) is 28.4. The van der Waals surface area contributed by atoms with Gasteiger partial charge in [-0.15, -0.1) is 0 Å². The highest BCUT2D eigenvalue weighted by Gasteiger charge is 2.27. The number of methoxy groups -OCH3 is 2. The van der Waals surface area contributed by atoms with E-state index in [1.165, 1.54) is 7.11 Å². The van der Waals surface area contributed by atoms with Crippen LogP contribution in [0.25, 0.3) is 0 Å². The van der Waals surface area contributed by atoms with E-state index in [9.17, 15) is 9.59 Å². The highest BCUT2D eigenvalue weighted by Crippen LogP contribution is 2.31. The lowest BCUT2D eigenvalue weighted by Gasteiger charge is -2.35. The normalized spacial score (nSPS) is 14.5. The van der Waals surface area contributed by atoms with Crippen molar-refractivity contribution in [2.75, 3.05) is 54.0 Å². The number of carbonyl (C=O) groups excluding carboxylic acids is 2. The lowest BCUT2D eigenvalue weighted by molar-refractivity contribution is -0.132. The minimum atomic E-state index is -0.104. The first-order valence-electron chi connectivity index (χ1n) is 8.05. The fourth-order valence-electron chi connectivity index (χ4n) is 2.77. The average Bonchev–Trinajstić information content (AvgIpc) is 2.64. The number of para-hydroxylation sites is 1. The maximum absolute atomic E-state index is 12.8. The number of amides is 2. The average molecular weight is 335 g/mol. The van der Waals surface area contributed by atoms with Gasteiger partial charge < -0.3 is 24.6 Å². The second-order valence-electron chi connectivity index (χ2n) is 5.57. The van der Waals surface area contributed by atoms with Crippen molar-refractivity contribution < 1.29 is 19.1 Å². The molecule has 1 aromatic carbocycles. The number of piperazine rings is 1. The van der Waals surface area contributed by atoms with Crippen molar-refractivity contribution in [2.45, 2.75) is 6.42 Å². The largest absolute Gasteiger partial charge is 0.493 e. The van der Waals surface area contributed by atoms with E-state index in [-0.39, 0.29) is 11.8 Å². The first-order valence-corrected chi connectivity index (χ1v) is 8.05. The molecule has 1 aliphatic heterocycles. The molecule has 1 saturated heterocycles. The molecule has 1 aromatic rings. The van der Waals surface area contributed by atoms with Crippen LogP contribution in [0.3, 0.4) is 0 Å². The van der Waals surface area contributed by atoms with Gasteiger partial charge in [0.15, 0.2) is 11.5 Å². The van der Waals surface area contributed by atoms with Gasteiger partial charge >= 0.3 is 0 Å². The second-order valence-corrected chi connectivity index (χ2v) is 5.57. The minimum absolute atomic E-state index is 0.104. The van der Waals surface area contributed by atoms with Crippen LogP contribution in [0.5, 0.6) is 11.5 Å². The molecule has 1 N–H and O–H groups in total. The molecule has 0 aromatic heterocycles. The van der Waals surface area contributed by atoms with E-state index in [1.807, 2.05) is 11.9 Å². The zero-order valence-corrected chi connectivity index (χ0v) is 14.5. The Morgan fingerprint density at radius 3 is 2.33 bits per heavy atom. The molecule has 0 atom stereocenters.